The molecule has 0 aliphatic heterocycles. The first kappa shape index (κ1) is 15.2. The number of hydrogen-bond donors (Lipinski definition) is 0. The van der Waals surface area contributed by atoms with Crippen LogP contribution in [0.4, 0.5) is 0 Å². The van der Waals surface area contributed by atoms with Crippen LogP contribution in [0.2, 0.25) is 5.02 Å². The Balaban J connectivity index is 1.96. The highest BCUT2D eigenvalue weighted by Gasteiger charge is 2.17. The van der Waals surface area contributed by atoms with E-state index in [1.807, 2.05) is 18.2 Å². The fourth-order valence-corrected chi connectivity index (χ4v) is 4.02. The van der Waals surface area contributed by atoms with Gasteiger partial charge in [-0.1, -0.05) is 90.5 Å². The number of hydrogen-bond acceptors (Lipinski definition) is 0. The summed E-state index contributed by atoms with van der Waals surface area (Å²) in [5.74, 6) is 0. The summed E-state index contributed by atoms with van der Waals surface area (Å²) in [6, 6.07) is 33.5. The van der Waals surface area contributed by atoms with Gasteiger partial charge in [0, 0.05) is 16.3 Å². The number of aromatic nitrogens is 1. The Morgan fingerprint density at radius 1 is 0.538 bits per heavy atom. The molecule has 0 saturated carbocycles. The van der Waals surface area contributed by atoms with E-state index in [-0.39, 0.29) is 0 Å². The molecule has 0 saturated heterocycles. The molecule has 0 amide bonds. The van der Waals surface area contributed by atoms with Crippen molar-refractivity contribution < 1.29 is 0 Å². The predicted molar refractivity (Wildman–Crippen MR) is 111 cm³/mol. The van der Waals surface area contributed by atoms with E-state index in [0.29, 0.717) is 0 Å². The molecule has 0 unspecified atom stereocenters. The maximum atomic E-state index is 6.75. The van der Waals surface area contributed by atoms with Crippen LogP contribution in [-0.2, 0) is 0 Å². The Morgan fingerprint density at radius 2 is 1.12 bits per heavy atom. The maximum Gasteiger partial charge on any atom is 0.0726 e. The van der Waals surface area contributed by atoms with Gasteiger partial charge in [-0.2, -0.15) is 0 Å². The largest absolute Gasteiger partial charge is 0.307 e. The van der Waals surface area contributed by atoms with Gasteiger partial charge in [-0.25, -0.2) is 0 Å². The van der Waals surface area contributed by atoms with Crippen LogP contribution in [0.1, 0.15) is 0 Å². The fourth-order valence-electron chi connectivity index (χ4n) is 3.76. The molecule has 4 aromatic carbocycles. The number of benzene rings is 4. The van der Waals surface area contributed by atoms with Gasteiger partial charge in [-0.3, -0.25) is 0 Å². The van der Waals surface area contributed by atoms with Crippen molar-refractivity contribution in [2.24, 2.45) is 0 Å². The first-order chi connectivity index (χ1) is 12.8. The van der Waals surface area contributed by atoms with E-state index in [9.17, 15) is 0 Å². The first-order valence-corrected chi connectivity index (χ1v) is 9.05. The third-order valence-electron chi connectivity index (χ3n) is 4.88. The van der Waals surface area contributed by atoms with E-state index >= 15 is 0 Å². The summed E-state index contributed by atoms with van der Waals surface area (Å²) < 4.78 is 2.29. The molecule has 0 N–H and O–H groups in total. The van der Waals surface area contributed by atoms with E-state index in [2.05, 4.69) is 83.4 Å². The Kier molecular flexibility index (Phi) is 3.55. The Hall–Kier alpha value is -3.03. The second kappa shape index (κ2) is 6.05. The number of rotatable bonds is 2. The molecule has 5 aromatic rings. The van der Waals surface area contributed by atoms with Gasteiger partial charge < -0.3 is 4.57 Å². The second-order valence-electron chi connectivity index (χ2n) is 6.37. The van der Waals surface area contributed by atoms with Gasteiger partial charge >= 0.3 is 0 Å². The molecule has 1 nitrogen and oxygen atoms in total. The number of fused-ring (bicyclic) bond motifs is 3. The topological polar surface area (TPSA) is 4.93 Å². The van der Waals surface area contributed by atoms with E-state index in [4.69, 9.17) is 11.6 Å². The van der Waals surface area contributed by atoms with Gasteiger partial charge in [0.05, 0.1) is 21.7 Å². The fraction of sp³-hybridized carbons (Fsp3) is 0. The van der Waals surface area contributed by atoms with Crippen molar-refractivity contribution in [1.29, 1.82) is 0 Å². The molecule has 5 rings (SSSR count). The zero-order valence-corrected chi connectivity index (χ0v) is 14.8. The summed E-state index contributed by atoms with van der Waals surface area (Å²) in [5.41, 5.74) is 5.65. The minimum Gasteiger partial charge on any atom is -0.307 e. The molecular weight excluding hydrogens is 338 g/mol. The molecule has 0 aliphatic carbocycles. The van der Waals surface area contributed by atoms with E-state index < -0.39 is 0 Å². The van der Waals surface area contributed by atoms with Crippen LogP contribution in [0, 0.1) is 0 Å². The third kappa shape index (κ3) is 2.25. The van der Waals surface area contributed by atoms with Crippen molar-refractivity contribution in [2.75, 3.05) is 0 Å². The molecular formula is C24H16ClN. The highest BCUT2D eigenvalue weighted by atomic mass is 35.5. The molecule has 0 bridgehead atoms. The molecule has 26 heavy (non-hydrogen) atoms. The summed E-state index contributed by atoms with van der Waals surface area (Å²) in [6.45, 7) is 0. The summed E-state index contributed by atoms with van der Waals surface area (Å²) in [6.07, 6.45) is 0. The molecule has 124 valence electrons. The summed E-state index contributed by atoms with van der Waals surface area (Å²) in [5, 5.41) is 3.22. The van der Waals surface area contributed by atoms with E-state index in [1.165, 1.54) is 21.8 Å². The summed E-state index contributed by atoms with van der Waals surface area (Å²) in [7, 11) is 0. The van der Waals surface area contributed by atoms with Crippen LogP contribution in [0.25, 0.3) is 38.6 Å². The Labute approximate surface area is 157 Å². The van der Waals surface area contributed by atoms with E-state index in [1.54, 1.807) is 0 Å². The monoisotopic (exact) mass is 353 g/mol. The number of nitrogens with zero attached hydrogens (tertiary/aromatic N) is 1. The van der Waals surface area contributed by atoms with Crippen molar-refractivity contribution in [2.45, 2.75) is 0 Å². The lowest BCUT2D eigenvalue weighted by Crippen LogP contribution is -1.98. The van der Waals surface area contributed by atoms with Crippen molar-refractivity contribution in [1.82, 2.24) is 4.57 Å². The normalized spacial score (nSPS) is 11.3. The van der Waals surface area contributed by atoms with Gasteiger partial charge in [0.25, 0.3) is 0 Å². The summed E-state index contributed by atoms with van der Waals surface area (Å²) >= 11 is 6.75. The lowest BCUT2D eigenvalue weighted by atomic mass is 10.0. The molecule has 0 spiro atoms. The van der Waals surface area contributed by atoms with Crippen LogP contribution in [-0.4, -0.2) is 4.57 Å². The minimum absolute atomic E-state index is 0.748. The number of para-hydroxylation sites is 3. The summed E-state index contributed by atoms with van der Waals surface area (Å²) in [4.78, 5) is 0. The van der Waals surface area contributed by atoms with Crippen LogP contribution in [0.3, 0.4) is 0 Å². The van der Waals surface area contributed by atoms with Crippen LogP contribution in [0.5, 0.6) is 0 Å². The molecule has 2 heteroatoms. The van der Waals surface area contributed by atoms with Crippen molar-refractivity contribution >= 4 is 33.4 Å². The van der Waals surface area contributed by atoms with Gasteiger partial charge in [0.15, 0.2) is 0 Å². The standard InChI is InChI=1S/C24H16ClN/c25-21-14-8-13-18(17-9-2-1-3-10-17)24(21)26-22-15-6-4-11-19(22)20-12-5-7-16-23(20)26/h1-16H. The highest BCUT2D eigenvalue weighted by Crippen LogP contribution is 2.39. The zero-order valence-electron chi connectivity index (χ0n) is 14.1. The SMILES string of the molecule is Clc1cccc(-c2ccccc2)c1-n1c2ccccc2c2ccccc21. The van der Waals surface area contributed by atoms with Crippen molar-refractivity contribution in [3.63, 3.8) is 0 Å². The van der Waals surface area contributed by atoms with Gasteiger partial charge in [0.1, 0.15) is 0 Å². The highest BCUT2D eigenvalue weighted by molar-refractivity contribution is 6.33. The lowest BCUT2D eigenvalue weighted by Gasteiger charge is -2.15. The maximum absolute atomic E-state index is 6.75. The zero-order chi connectivity index (χ0) is 17.5. The molecule has 0 aliphatic rings. The molecule has 1 heterocycles. The molecule has 1 aromatic heterocycles. The quantitative estimate of drug-likeness (QED) is 0.319. The molecule has 0 atom stereocenters. The Bertz CT molecular complexity index is 1180. The second-order valence-corrected chi connectivity index (χ2v) is 6.78. The predicted octanol–water partition coefficient (Wildman–Crippen LogP) is 7.10. The molecule has 0 radical (unpaired) electrons. The van der Waals surface area contributed by atoms with Crippen LogP contribution >= 0.6 is 11.6 Å². The van der Waals surface area contributed by atoms with E-state index in [0.717, 1.165) is 21.8 Å². The first-order valence-electron chi connectivity index (χ1n) is 8.67. The lowest BCUT2D eigenvalue weighted by molar-refractivity contribution is 1.18. The van der Waals surface area contributed by atoms with Crippen LogP contribution in [0.15, 0.2) is 97.1 Å². The van der Waals surface area contributed by atoms with Gasteiger partial charge in [-0.15, -0.1) is 0 Å². The van der Waals surface area contributed by atoms with Gasteiger partial charge in [0.2, 0.25) is 0 Å². The van der Waals surface area contributed by atoms with Gasteiger partial charge in [-0.05, 0) is 23.8 Å². The van der Waals surface area contributed by atoms with Crippen LogP contribution < -0.4 is 0 Å². The molecule has 0 fully saturated rings. The van der Waals surface area contributed by atoms with Crippen molar-refractivity contribution in [3.8, 4) is 16.8 Å². The van der Waals surface area contributed by atoms with Crippen molar-refractivity contribution in [3.05, 3.63) is 102 Å². The third-order valence-corrected chi connectivity index (χ3v) is 5.18. The minimum atomic E-state index is 0.748. The average molecular weight is 354 g/mol. The average Bonchev–Trinajstić information content (AvgIpc) is 3.03. The Morgan fingerprint density at radius 3 is 1.77 bits per heavy atom. The number of halogens is 1. The smallest absolute Gasteiger partial charge is 0.0726 e.